The Hall–Kier alpha value is -0.402. The Morgan fingerprint density at radius 1 is 1.50 bits per heavy atom. The number of rotatable bonds is 1. The van der Waals surface area contributed by atoms with Crippen LogP contribution in [0, 0.1) is 0 Å². The summed E-state index contributed by atoms with van der Waals surface area (Å²) in [5, 5.41) is 0. The molecule has 0 aromatic heterocycles. The predicted octanol–water partition coefficient (Wildman–Crippen LogP) is -0.613. The Balaban J connectivity index is 3.07. The molecule has 0 fully saturated rings. The van der Waals surface area contributed by atoms with Gasteiger partial charge in [0.2, 0.25) is 0 Å². The van der Waals surface area contributed by atoms with Crippen molar-refractivity contribution < 1.29 is 6.40 Å². The molecule has 0 aliphatic heterocycles. The van der Waals surface area contributed by atoms with Gasteiger partial charge in [-0.1, -0.05) is 0 Å². The van der Waals surface area contributed by atoms with Crippen LogP contribution in [0.15, 0.2) is 24.3 Å². The summed E-state index contributed by atoms with van der Waals surface area (Å²) >= 11 is -3.27. The van der Waals surface area contributed by atoms with Gasteiger partial charge in [0.05, 0.1) is 0 Å². The van der Waals surface area contributed by atoms with Crippen molar-refractivity contribution in [3.63, 3.8) is 0 Å². The van der Waals surface area contributed by atoms with Crippen LogP contribution in [0.4, 0.5) is 5.69 Å². The van der Waals surface area contributed by atoms with Gasteiger partial charge in [0.1, 0.15) is 0 Å². The van der Waals surface area contributed by atoms with Crippen molar-refractivity contribution in [1.29, 1.82) is 0 Å². The third kappa shape index (κ3) is 1.79. The van der Waals surface area contributed by atoms with Gasteiger partial charge >= 0.3 is 66.2 Å². The molecule has 0 unspecified atom stereocenters. The molecular formula is C6H7NO2Sb. The molecule has 1 radical (unpaired) electrons. The summed E-state index contributed by atoms with van der Waals surface area (Å²) in [6, 6.07) is 6.52. The van der Waals surface area contributed by atoms with E-state index < -0.39 is 20.6 Å². The zero-order valence-electron chi connectivity index (χ0n) is 5.19. The number of hydrogen-bond acceptors (Lipinski definition) is 2. The molecule has 0 spiro atoms. The van der Waals surface area contributed by atoms with E-state index >= 15 is 0 Å². The monoisotopic (exact) mass is 246 g/mol. The van der Waals surface area contributed by atoms with Crippen LogP contribution in [0.1, 0.15) is 0 Å². The summed E-state index contributed by atoms with van der Waals surface area (Å²) in [6.07, 6.45) is 0. The van der Waals surface area contributed by atoms with Gasteiger partial charge in [-0.25, -0.2) is 0 Å². The number of anilines is 1. The van der Waals surface area contributed by atoms with Crippen LogP contribution in [-0.2, 0) is 3.02 Å². The second-order valence-electron chi connectivity index (χ2n) is 1.87. The molecule has 0 atom stereocenters. The summed E-state index contributed by atoms with van der Waals surface area (Å²) in [7, 11) is 0. The van der Waals surface area contributed by atoms with E-state index in [9.17, 15) is 3.02 Å². The molecule has 0 heterocycles. The molecule has 1 aromatic carbocycles. The number of nitrogen functional groups attached to an aromatic ring is 1. The maximum atomic E-state index is 10.6. The average Bonchev–Trinajstić information content (AvgIpc) is 1.88. The topological polar surface area (TPSA) is 63.3 Å². The molecule has 0 saturated heterocycles. The quantitative estimate of drug-likeness (QED) is 0.513. The normalized spacial score (nSPS) is 9.30. The third-order valence-corrected chi connectivity index (χ3v) is 3.15. The fourth-order valence-corrected chi connectivity index (χ4v) is 1.99. The molecule has 0 aliphatic carbocycles. The molecule has 1 rings (SSSR count). The first-order valence-corrected chi connectivity index (χ1v) is 6.18. The van der Waals surface area contributed by atoms with Crippen molar-refractivity contribution in [2.45, 2.75) is 0 Å². The van der Waals surface area contributed by atoms with E-state index in [1.165, 1.54) is 6.07 Å². The molecule has 0 bridgehead atoms. The van der Waals surface area contributed by atoms with E-state index in [1.54, 1.807) is 18.2 Å². The van der Waals surface area contributed by atoms with Crippen LogP contribution < -0.4 is 9.24 Å². The molecule has 0 amide bonds. The van der Waals surface area contributed by atoms with Gasteiger partial charge in [-0.15, -0.1) is 0 Å². The van der Waals surface area contributed by atoms with E-state index in [2.05, 4.69) is 0 Å². The minimum atomic E-state index is -3.27. The summed E-state index contributed by atoms with van der Waals surface area (Å²) < 4.78 is 19.8. The van der Waals surface area contributed by atoms with Crippen LogP contribution in [-0.4, -0.2) is 24.0 Å². The van der Waals surface area contributed by atoms with E-state index in [4.69, 9.17) is 9.12 Å². The van der Waals surface area contributed by atoms with Crippen molar-refractivity contribution in [3.8, 4) is 0 Å². The Morgan fingerprint density at radius 2 is 2.20 bits per heavy atom. The zero-order chi connectivity index (χ0) is 7.56. The molecule has 4 heteroatoms. The van der Waals surface area contributed by atoms with Gasteiger partial charge in [-0.05, 0) is 0 Å². The third-order valence-electron chi connectivity index (χ3n) is 1.09. The second-order valence-corrected chi connectivity index (χ2v) is 4.90. The van der Waals surface area contributed by atoms with Gasteiger partial charge in [-0.3, -0.25) is 0 Å². The maximum absolute atomic E-state index is 10.6. The second kappa shape index (κ2) is 3.13. The van der Waals surface area contributed by atoms with Crippen LogP contribution in [0.3, 0.4) is 0 Å². The minimum absolute atomic E-state index is 0.489. The molecule has 10 heavy (non-hydrogen) atoms. The Morgan fingerprint density at radius 3 is 2.60 bits per heavy atom. The molecule has 1 aromatic rings. The average molecular weight is 247 g/mol. The van der Waals surface area contributed by atoms with E-state index in [1.807, 2.05) is 0 Å². The molecule has 53 valence electrons. The first kappa shape index (κ1) is 7.70. The van der Waals surface area contributed by atoms with Gasteiger partial charge in [-0.2, -0.15) is 0 Å². The Labute approximate surface area is 66.4 Å². The SMILES string of the molecule is Nc1ccc[c]([Sb](=[O])[OH])c1. The van der Waals surface area contributed by atoms with Gasteiger partial charge in [0.15, 0.2) is 0 Å². The summed E-state index contributed by atoms with van der Waals surface area (Å²) in [4.78, 5) is 0. The van der Waals surface area contributed by atoms with E-state index in [-0.39, 0.29) is 0 Å². The summed E-state index contributed by atoms with van der Waals surface area (Å²) in [6.45, 7) is 0. The zero-order valence-corrected chi connectivity index (χ0v) is 7.74. The number of benzene rings is 1. The van der Waals surface area contributed by atoms with E-state index in [0.717, 1.165) is 0 Å². The van der Waals surface area contributed by atoms with E-state index in [0.29, 0.717) is 9.20 Å². The number of nitrogens with two attached hydrogens (primary N) is 1. The van der Waals surface area contributed by atoms with Crippen molar-refractivity contribution in [1.82, 2.24) is 0 Å². The summed E-state index contributed by atoms with van der Waals surface area (Å²) in [5.74, 6) is 0. The fraction of sp³-hybridized carbons (Fsp3) is 0. The summed E-state index contributed by atoms with van der Waals surface area (Å²) in [5.41, 5.74) is 5.91. The van der Waals surface area contributed by atoms with Crippen LogP contribution in [0.5, 0.6) is 0 Å². The predicted molar refractivity (Wildman–Crippen MR) is 39.1 cm³/mol. The number of hydrogen-bond donors (Lipinski definition) is 2. The van der Waals surface area contributed by atoms with Crippen molar-refractivity contribution in [2.24, 2.45) is 0 Å². The van der Waals surface area contributed by atoms with Crippen LogP contribution >= 0.6 is 0 Å². The van der Waals surface area contributed by atoms with Crippen molar-refractivity contribution >= 4 is 29.8 Å². The molecule has 3 N–H and O–H groups in total. The Bertz CT molecular complexity index is 262. The van der Waals surface area contributed by atoms with Crippen molar-refractivity contribution in [2.75, 3.05) is 5.73 Å². The van der Waals surface area contributed by atoms with Gasteiger partial charge in [0, 0.05) is 0 Å². The first-order valence-electron chi connectivity index (χ1n) is 2.72. The molecular weight excluding hydrogens is 240 g/mol. The van der Waals surface area contributed by atoms with Crippen LogP contribution in [0.2, 0.25) is 0 Å². The molecule has 0 aliphatic rings. The fourth-order valence-electron chi connectivity index (χ4n) is 0.644. The van der Waals surface area contributed by atoms with Gasteiger partial charge < -0.3 is 0 Å². The van der Waals surface area contributed by atoms with Gasteiger partial charge in [0.25, 0.3) is 0 Å². The molecule has 0 saturated carbocycles. The van der Waals surface area contributed by atoms with Crippen molar-refractivity contribution in [3.05, 3.63) is 24.3 Å². The molecule has 3 nitrogen and oxygen atoms in total. The Kier molecular flexibility index (Phi) is 2.41. The standard InChI is InChI=1S/C6H6N.H2O.O.Sb/c7-6-4-2-1-3-5-6;;;/h1-2,4-5H,7H2;1H2;;/q;;;+1/p-1. The van der Waals surface area contributed by atoms with Crippen LogP contribution in [0.25, 0.3) is 0 Å². The first-order chi connectivity index (χ1) is 4.70.